The average molecular weight is 440 g/mol. The van der Waals surface area contributed by atoms with E-state index >= 15 is 0 Å². The lowest BCUT2D eigenvalue weighted by molar-refractivity contribution is 0.0373. The first-order valence-corrected chi connectivity index (χ1v) is 10.9. The zero-order chi connectivity index (χ0) is 23.0. The SMILES string of the molecule is CC(C)(C)c1ccc(C(=O)OC(c2ccc3c(c2)OCO3)c2nccc3ccccc23)cc1. The van der Waals surface area contributed by atoms with Crippen LogP contribution in [0.1, 0.15) is 54.1 Å². The molecule has 3 aromatic carbocycles. The fourth-order valence-electron chi connectivity index (χ4n) is 3.99. The monoisotopic (exact) mass is 439 g/mol. The number of esters is 1. The van der Waals surface area contributed by atoms with Gasteiger partial charge >= 0.3 is 5.97 Å². The molecule has 4 aromatic rings. The van der Waals surface area contributed by atoms with Crippen molar-refractivity contribution in [3.05, 3.63) is 101 Å². The molecule has 1 unspecified atom stereocenters. The number of hydrogen-bond donors (Lipinski definition) is 0. The molecule has 0 saturated heterocycles. The second kappa shape index (κ2) is 8.24. The van der Waals surface area contributed by atoms with Crippen LogP contribution >= 0.6 is 0 Å². The Labute approximate surface area is 192 Å². The molecule has 5 rings (SSSR count). The van der Waals surface area contributed by atoms with Gasteiger partial charge in [0.1, 0.15) is 0 Å². The Balaban J connectivity index is 1.55. The lowest BCUT2D eigenvalue weighted by Gasteiger charge is -2.21. The topological polar surface area (TPSA) is 57.7 Å². The van der Waals surface area contributed by atoms with Gasteiger partial charge in [-0.05, 0) is 46.7 Å². The van der Waals surface area contributed by atoms with E-state index in [1.807, 2.05) is 72.8 Å². The van der Waals surface area contributed by atoms with Crippen LogP contribution in [-0.2, 0) is 10.2 Å². The van der Waals surface area contributed by atoms with Gasteiger partial charge in [-0.3, -0.25) is 4.98 Å². The summed E-state index contributed by atoms with van der Waals surface area (Å²) in [7, 11) is 0. The molecule has 0 bridgehead atoms. The van der Waals surface area contributed by atoms with Gasteiger partial charge in [-0.2, -0.15) is 0 Å². The van der Waals surface area contributed by atoms with Crippen molar-refractivity contribution in [1.29, 1.82) is 0 Å². The second-order valence-electron chi connectivity index (χ2n) is 9.14. The van der Waals surface area contributed by atoms with Gasteiger partial charge in [0, 0.05) is 17.1 Å². The molecule has 0 spiro atoms. The van der Waals surface area contributed by atoms with E-state index in [2.05, 4.69) is 25.8 Å². The van der Waals surface area contributed by atoms with E-state index in [9.17, 15) is 4.79 Å². The highest BCUT2D eigenvalue weighted by Gasteiger charge is 2.26. The average Bonchev–Trinajstić information content (AvgIpc) is 3.30. The van der Waals surface area contributed by atoms with E-state index in [0.29, 0.717) is 22.8 Å². The van der Waals surface area contributed by atoms with Crippen molar-refractivity contribution in [2.45, 2.75) is 32.3 Å². The number of hydrogen-bond acceptors (Lipinski definition) is 5. The molecule has 5 nitrogen and oxygen atoms in total. The molecule has 1 aromatic heterocycles. The van der Waals surface area contributed by atoms with Crippen LogP contribution < -0.4 is 9.47 Å². The van der Waals surface area contributed by atoms with Gasteiger partial charge in [0.15, 0.2) is 17.6 Å². The Hall–Kier alpha value is -3.86. The van der Waals surface area contributed by atoms with Crippen LogP contribution in [0.5, 0.6) is 11.5 Å². The number of ether oxygens (including phenoxy) is 3. The Morgan fingerprint density at radius 1 is 0.939 bits per heavy atom. The standard InChI is InChI=1S/C28H25NO4/c1-28(2,3)21-11-8-19(9-12-21)27(30)33-26(20-10-13-23-24(16-20)32-17-31-23)25-22-7-5-4-6-18(22)14-15-29-25/h4-16,26H,17H2,1-3H3. The second-order valence-corrected chi connectivity index (χ2v) is 9.14. The third kappa shape index (κ3) is 4.14. The summed E-state index contributed by atoms with van der Waals surface area (Å²) in [5.41, 5.74) is 3.09. The smallest absolute Gasteiger partial charge is 0.339 e. The number of nitrogens with zero attached hydrogens (tertiary/aromatic N) is 1. The quantitative estimate of drug-likeness (QED) is 0.354. The molecule has 0 aliphatic carbocycles. The van der Waals surface area contributed by atoms with Gasteiger partial charge in [-0.15, -0.1) is 0 Å². The molecule has 0 amide bonds. The maximum Gasteiger partial charge on any atom is 0.339 e. The molecule has 0 N–H and O–H groups in total. The fraction of sp³-hybridized carbons (Fsp3) is 0.214. The predicted octanol–water partition coefficient (Wildman–Crippen LogP) is 6.21. The first-order chi connectivity index (χ1) is 15.9. The van der Waals surface area contributed by atoms with E-state index in [4.69, 9.17) is 14.2 Å². The van der Waals surface area contributed by atoms with Crippen molar-refractivity contribution in [3.8, 4) is 11.5 Å². The summed E-state index contributed by atoms with van der Waals surface area (Å²) in [5, 5.41) is 1.96. The van der Waals surface area contributed by atoms with Crippen LogP contribution in [-0.4, -0.2) is 17.7 Å². The van der Waals surface area contributed by atoms with Gasteiger partial charge in [0.05, 0.1) is 11.3 Å². The molecular weight excluding hydrogens is 414 g/mol. The lowest BCUT2D eigenvalue weighted by Crippen LogP contribution is -2.15. The number of benzene rings is 3. The van der Waals surface area contributed by atoms with Crippen LogP contribution in [0.3, 0.4) is 0 Å². The van der Waals surface area contributed by atoms with E-state index in [1.54, 1.807) is 6.20 Å². The summed E-state index contributed by atoms with van der Waals surface area (Å²) < 4.78 is 17.1. The number of rotatable bonds is 4. The largest absolute Gasteiger partial charge is 0.454 e. The van der Waals surface area contributed by atoms with Crippen LogP contribution in [0.25, 0.3) is 10.8 Å². The molecule has 0 fully saturated rings. The lowest BCUT2D eigenvalue weighted by atomic mass is 9.87. The van der Waals surface area contributed by atoms with Crippen molar-refractivity contribution < 1.29 is 19.0 Å². The summed E-state index contributed by atoms with van der Waals surface area (Å²) in [6.07, 6.45) is 1.03. The van der Waals surface area contributed by atoms with Crippen molar-refractivity contribution in [2.24, 2.45) is 0 Å². The van der Waals surface area contributed by atoms with Crippen LogP contribution in [0.2, 0.25) is 0 Å². The Morgan fingerprint density at radius 3 is 2.48 bits per heavy atom. The minimum absolute atomic E-state index is 0.00430. The molecule has 1 aliphatic rings. The third-order valence-corrected chi connectivity index (χ3v) is 5.86. The van der Waals surface area contributed by atoms with Crippen molar-refractivity contribution in [3.63, 3.8) is 0 Å². The zero-order valence-corrected chi connectivity index (χ0v) is 18.9. The molecule has 166 valence electrons. The minimum Gasteiger partial charge on any atom is -0.454 e. The first kappa shape index (κ1) is 21.0. The van der Waals surface area contributed by atoms with Crippen molar-refractivity contribution in [2.75, 3.05) is 6.79 Å². The fourth-order valence-corrected chi connectivity index (χ4v) is 3.99. The van der Waals surface area contributed by atoms with Gasteiger partial charge in [0.25, 0.3) is 0 Å². The van der Waals surface area contributed by atoms with Crippen LogP contribution in [0, 0.1) is 0 Å². The molecule has 33 heavy (non-hydrogen) atoms. The zero-order valence-electron chi connectivity index (χ0n) is 18.9. The summed E-state index contributed by atoms with van der Waals surface area (Å²) in [5.74, 6) is 0.892. The summed E-state index contributed by atoms with van der Waals surface area (Å²) in [6, 6.07) is 23.0. The van der Waals surface area contributed by atoms with Crippen molar-refractivity contribution >= 4 is 16.7 Å². The highest BCUT2D eigenvalue weighted by Crippen LogP contribution is 2.38. The maximum atomic E-state index is 13.2. The van der Waals surface area contributed by atoms with Gasteiger partial charge in [-0.25, -0.2) is 4.79 Å². The van der Waals surface area contributed by atoms with E-state index in [0.717, 1.165) is 21.9 Å². The molecule has 0 saturated carbocycles. The maximum absolute atomic E-state index is 13.2. The van der Waals surface area contributed by atoms with Crippen LogP contribution in [0.4, 0.5) is 0 Å². The van der Waals surface area contributed by atoms with Crippen molar-refractivity contribution in [1.82, 2.24) is 4.98 Å². The molecule has 2 heterocycles. The minimum atomic E-state index is -0.708. The Morgan fingerprint density at radius 2 is 1.70 bits per heavy atom. The number of carbonyl (C=O) groups excluding carboxylic acids is 1. The summed E-state index contributed by atoms with van der Waals surface area (Å²) in [4.78, 5) is 17.8. The Bertz CT molecular complexity index is 1320. The molecule has 5 heteroatoms. The van der Waals surface area contributed by atoms with E-state index in [-0.39, 0.29) is 12.2 Å². The molecule has 1 atom stereocenters. The normalized spacial score (nSPS) is 13.7. The molecule has 0 radical (unpaired) electrons. The molecule has 1 aliphatic heterocycles. The summed E-state index contributed by atoms with van der Waals surface area (Å²) in [6.45, 7) is 6.60. The third-order valence-electron chi connectivity index (χ3n) is 5.86. The predicted molar refractivity (Wildman–Crippen MR) is 127 cm³/mol. The van der Waals surface area contributed by atoms with Gasteiger partial charge < -0.3 is 14.2 Å². The highest BCUT2D eigenvalue weighted by atomic mass is 16.7. The number of pyridine rings is 1. The first-order valence-electron chi connectivity index (χ1n) is 10.9. The molecular formula is C28H25NO4. The highest BCUT2D eigenvalue weighted by molar-refractivity contribution is 5.90. The number of carbonyl (C=O) groups is 1. The van der Waals surface area contributed by atoms with Gasteiger partial charge in [0.2, 0.25) is 6.79 Å². The van der Waals surface area contributed by atoms with Gasteiger partial charge in [-0.1, -0.05) is 63.2 Å². The van der Waals surface area contributed by atoms with E-state index in [1.165, 1.54) is 0 Å². The van der Waals surface area contributed by atoms with Crippen LogP contribution in [0.15, 0.2) is 79.0 Å². The summed E-state index contributed by atoms with van der Waals surface area (Å²) >= 11 is 0. The Kier molecular flexibility index (Phi) is 5.25. The number of aromatic nitrogens is 1. The number of fused-ring (bicyclic) bond motifs is 2. The van der Waals surface area contributed by atoms with E-state index < -0.39 is 12.1 Å².